The van der Waals surface area contributed by atoms with Crippen LogP contribution in [0.15, 0.2) is 24.3 Å². The molecule has 18 heavy (non-hydrogen) atoms. The van der Waals surface area contributed by atoms with E-state index in [0.717, 1.165) is 18.8 Å². The van der Waals surface area contributed by atoms with E-state index in [1.165, 1.54) is 24.8 Å². The molecule has 0 aromatic heterocycles. The Morgan fingerprint density at radius 3 is 2.44 bits per heavy atom. The van der Waals surface area contributed by atoms with E-state index in [4.69, 9.17) is 5.73 Å². The number of carbonyl (C=O) groups excluding carboxylic acids is 1. The lowest BCUT2D eigenvalue weighted by atomic mass is 9.64. The van der Waals surface area contributed by atoms with Gasteiger partial charge in [0.1, 0.15) is 0 Å². The molecule has 1 amide bonds. The van der Waals surface area contributed by atoms with Crippen LogP contribution < -0.4 is 16.2 Å². The minimum Gasteiger partial charge on any atom is -0.330 e. The van der Waals surface area contributed by atoms with E-state index in [2.05, 4.69) is 29.7 Å². The van der Waals surface area contributed by atoms with E-state index in [-0.39, 0.29) is 11.3 Å². The number of nitrogens with zero attached hydrogens (tertiary/aromatic N) is 1. The van der Waals surface area contributed by atoms with Crippen LogP contribution in [-0.4, -0.2) is 19.0 Å². The molecule has 0 atom stereocenters. The van der Waals surface area contributed by atoms with Crippen LogP contribution in [0.4, 0.5) is 5.69 Å². The minimum atomic E-state index is 0.0940. The zero-order valence-corrected chi connectivity index (χ0v) is 10.5. The maximum Gasteiger partial charge on any atom is 0.240 e. The first-order valence-electron chi connectivity index (χ1n) is 6.61. The summed E-state index contributed by atoms with van der Waals surface area (Å²) in [4.78, 5) is 11.2. The Morgan fingerprint density at radius 1 is 1.28 bits per heavy atom. The Labute approximate surface area is 107 Å². The average molecular weight is 245 g/mol. The topological polar surface area (TPSA) is 58.4 Å². The Bertz CT molecular complexity index is 445. The highest BCUT2D eigenvalue weighted by Gasteiger charge is 2.37. The lowest BCUT2D eigenvalue weighted by Gasteiger charge is -2.41. The van der Waals surface area contributed by atoms with Crippen LogP contribution in [0.5, 0.6) is 0 Å². The predicted molar refractivity (Wildman–Crippen MR) is 71.1 cm³/mol. The molecule has 96 valence electrons. The van der Waals surface area contributed by atoms with Crippen molar-refractivity contribution in [2.75, 3.05) is 18.1 Å². The van der Waals surface area contributed by atoms with Gasteiger partial charge in [0.25, 0.3) is 0 Å². The molecule has 0 unspecified atom stereocenters. The van der Waals surface area contributed by atoms with Crippen LogP contribution in [0.1, 0.15) is 31.2 Å². The predicted octanol–water partition coefficient (Wildman–Crippen LogP) is 1.31. The molecular weight excluding hydrogens is 226 g/mol. The number of hydrogen-bond acceptors (Lipinski definition) is 3. The molecule has 1 saturated heterocycles. The fourth-order valence-corrected chi connectivity index (χ4v) is 2.88. The summed E-state index contributed by atoms with van der Waals surface area (Å²) in [5.41, 5.74) is 11.4. The number of hydrogen-bond donors (Lipinski definition) is 2. The van der Waals surface area contributed by atoms with E-state index in [9.17, 15) is 4.79 Å². The molecule has 4 nitrogen and oxygen atoms in total. The standard InChI is InChI=1S/C14H19N3O/c15-10-14(7-1-8-14)11-2-4-12(5-3-11)17-9-6-13(18)16-17/h2-5H,1,6-10,15H2,(H,16,18). The lowest BCUT2D eigenvalue weighted by molar-refractivity contribution is -0.119. The van der Waals surface area contributed by atoms with Gasteiger partial charge < -0.3 is 5.73 Å². The van der Waals surface area contributed by atoms with Gasteiger partial charge in [0.15, 0.2) is 0 Å². The number of nitrogens with one attached hydrogen (secondary N) is 1. The number of nitrogens with two attached hydrogens (primary N) is 1. The summed E-state index contributed by atoms with van der Waals surface area (Å²) in [5.74, 6) is 0.0940. The largest absolute Gasteiger partial charge is 0.330 e. The third kappa shape index (κ3) is 1.77. The summed E-state index contributed by atoms with van der Waals surface area (Å²) >= 11 is 0. The summed E-state index contributed by atoms with van der Waals surface area (Å²) in [6, 6.07) is 8.48. The SMILES string of the molecule is NCC1(c2ccc(N3CCC(=O)N3)cc2)CCC1. The molecule has 2 aliphatic rings. The van der Waals surface area contributed by atoms with Crippen molar-refractivity contribution in [2.24, 2.45) is 5.73 Å². The fourth-order valence-electron chi connectivity index (χ4n) is 2.88. The van der Waals surface area contributed by atoms with Crippen LogP contribution in [0.25, 0.3) is 0 Å². The average Bonchev–Trinajstić information content (AvgIpc) is 2.76. The molecule has 1 aromatic rings. The molecule has 0 radical (unpaired) electrons. The molecule has 1 aliphatic heterocycles. The Hall–Kier alpha value is -1.55. The monoisotopic (exact) mass is 245 g/mol. The Morgan fingerprint density at radius 2 is 2.00 bits per heavy atom. The quantitative estimate of drug-likeness (QED) is 0.844. The van der Waals surface area contributed by atoms with Crippen molar-refractivity contribution in [3.05, 3.63) is 29.8 Å². The van der Waals surface area contributed by atoms with E-state index in [0.29, 0.717) is 6.42 Å². The van der Waals surface area contributed by atoms with Crippen molar-refractivity contribution in [2.45, 2.75) is 31.1 Å². The number of benzene rings is 1. The molecule has 0 spiro atoms. The molecule has 1 saturated carbocycles. The van der Waals surface area contributed by atoms with Gasteiger partial charge in [-0.05, 0) is 30.5 Å². The van der Waals surface area contributed by atoms with Gasteiger partial charge in [-0.3, -0.25) is 15.2 Å². The van der Waals surface area contributed by atoms with Gasteiger partial charge in [0.05, 0.1) is 5.69 Å². The normalized spacial score (nSPS) is 21.6. The number of anilines is 1. The third-order valence-electron chi connectivity index (χ3n) is 4.31. The second-order valence-corrected chi connectivity index (χ2v) is 5.32. The fraction of sp³-hybridized carbons (Fsp3) is 0.500. The van der Waals surface area contributed by atoms with Crippen LogP contribution >= 0.6 is 0 Å². The first-order chi connectivity index (χ1) is 8.73. The lowest BCUT2D eigenvalue weighted by Crippen LogP contribution is -2.41. The van der Waals surface area contributed by atoms with E-state index in [1.54, 1.807) is 0 Å². The van der Waals surface area contributed by atoms with E-state index >= 15 is 0 Å². The number of carbonyl (C=O) groups is 1. The first kappa shape index (κ1) is 11.5. The smallest absolute Gasteiger partial charge is 0.240 e. The second-order valence-electron chi connectivity index (χ2n) is 5.32. The molecule has 1 aromatic carbocycles. The van der Waals surface area contributed by atoms with Gasteiger partial charge in [-0.2, -0.15) is 0 Å². The molecule has 3 rings (SSSR count). The van der Waals surface area contributed by atoms with Crippen LogP contribution in [-0.2, 0) is 10.2 Å². The number of rotatable bonds is 3. The number of amides is 1. The van der Waals surface area contributed by atoms with Crippen molar-refractivity contribution >= 4 is 11.6 Å². The molecular formula is C14H19N3O. The summed E-state index contributed by atoms with van der Waals surface area (Å²) in [6.07, 6.45) is 4.25. The Balaban J connectivity index is 1.79. The van der Waals surface area contributed by atoms with Gasteiger partial charge in [0, 0.05) is 24.9 Å². The zero-order valence-electron chi connectivity index (χ0n) is 10.5. The van der Waals surface area contributed by atoms with Crippen LogP contribution in [0, 0.1) is 0 Å². The summed E-state index contributed by atoms with van der Waals surface area (Å²) in [5, 5.41) is 1.90. The van der Waals surface area contributed by atoms with Crippen LogP contribution in [0.3, 0.4) is 0 Å². The highest BCUT2D eigenvalue weighted by Crippen LogP contribution is 2.43. The molecule has 1 aliphatic carbocycles. The van der Waals surface area contributed by atoms with Gasteiger partial charge in [-0.25, -0.2) is 0 Å². The summed E-state index contributed by atoms with van der Waals surface area (Å²) < 4.78 is 0. The molecule has 2 fully saturated rings. The van der Waals surface area contributed by atoms with Crippen molar-refractivity contribution in [1.29, 1.82) is 0 Å². The van der Waals surface area contributed by atoms with E-state index in [1.807, 2.05) is 5.01 Å². The van der Waals surface area contributed by atoms with Gasteiger partial charge >= 0.3 is 0 Å². The maximum absolute atomic E-state index is 11.2. The second kappa shape index (κ2) is 4.28. The molecule has 4 heteroatoms. The molecule has 3 N–H and O–H groups in total. The van der Waals surface area contributed by atoms with Crippen molar-refractivity contribution < 1.29 is 4.79 Å². The zero-order chi connectivity index (χ0) is 12.6. The van der Waals surface area contributed by atoms with Gasteiger partial charge in [-0.15, -0.1) is 0 Å². The Kier molecular flexibility index (Phi) is 2.74. The van der Waals surface area contributed by atoms with Gasteiger partial charge in [-0.1, -0.05) is 18.6 Å². The molecule has 0 bridgehead atoms. The van der Waals surface area contributed by atoms with Crippen LogP contribution in [0.2, 0.25) is 0 Å². The summed E-state index contributed by atoms with van der Waals surface area (Å²) in [7, 11) is 0. The van der Waals surface area contributed by atoms with Crippen molar-refractivity contribution in [1.82, 2.24) is 5.43 Å². The third-order valence-corrected chi connectivity index (χ3v) is 4.31. The number of hydrazine groups is 1. The van der Waals surface area contributed by atoms with Crippen molar-refractivity contribution in [3.8, 4) is 0 Å². The maximum atomic E-state index is 11.2. The minimum absolute atomic E-state index is 0.0940. The highest BCUT2D eigenvalue weighted by atomic mass is 16.2. The summed E-state index contributed by atoms with van der Waals surface area (Å²) in [6.45, 7) is 1.48. The first-order valence-corrected chi connectivity index (χ1v) is 6.61. The van der Waals surface area contributed by atoms with Gasteiger partial charge in [0.2, 0.25) is 5.91 Å². The highest BCUT2D eigenvalue weighted by molar-refractivity contribution is 5.81. The van der Waals surface area contributed by atoms with Crippen molar-refractivity contribution in [3.63, 3.8) is 0 Å². The van der Waals surface area contributed by atoms with E-state index < -0.39 is 0 Å². The molecule has 1 heterocycles.